The summed E-state index contributed by atoms with van der Waals surface area (Å²) in [5, 5.41) is 8.25. The van der Waals surface area contributed by atoms with Gasteiger partial charge >= 0.3 is 31.7 Å². The molecule has 0 amide bonds. The van der Waals surface area contributed by atoms with Crippen molar-refractivity contribution >= 4 is 17.7 Å². The zero-order valence-electron chi connectivity index (χ0n) is 6.52. The second-order valence-electron chi connectivity index (χ2n) is 1.67. The zero-order valence-corrected chi connectivity index (χ0v) is 8.90. The molecule has 1 atom stereocenters. The summed E-state index contributed by atoms with van der Waals surface area (Å²) in [6, 6.07) is -0.738. The molecule has 0 rings (SSSR count). The summed E-state index contributed by atoms with van der Waals surface area (Å²) in [5.74, 6) is 0.832. The van der Waals surface area contributed by atoms with Crippen molar-refractivity contribution < 1.29 is 35.6 Å². The Morgan fingerprint density at radius 2 is 2.17 bits per heavy atom. The molecule has 0 saturated heterocycles. The molecule has 0 unspecified atom stereocenters. The van der Waals surface area contributed by atoms with Gasteiger partial charge in [-0.2, -0.15) is 0 Å². The molecule has 0 fully saturated rings. The predicted octanol–water partition coefficient (Wildman–Crippen LogP) is 0.0731. The number of hydrogen-bond donors (Lipinski definition) is 2. The van der Waals surface area contributed by atoms with Crippen LogP contribution in [-0.2, 0) is 30.5 Å². The third-order valence-electron chi connectivity index (χ3n) is 0.834. The van der Waals surface area contributed by atoms with Gasteiger partial charge in [0.1, 0.15) is 0 Å². The molecule has 5 nitrogen and oxygen atoms in total. The van der Waals surface area contributed by atoms with Crippen LogP contribution in [-0.4, -0.2) is 23.4 Å². The summed E-state index contributed by atoms with van der Waals surface area (Å²) in [7, 11) is 0. The average molecular weight is 228 g/mol. The van der Waals surface area contributed by atoms with Gasteiger partial charge in [-0.15, -0.1) is 6.42 Å². The Kier molecular flexibility index (Phi) is 13.5. The summed E-state index contributed by atoms with van der Waals surface area (Å²) in [4.78, 5) is 10.1. The maximum absolute atomic E-state index is 10.1. The molecule has 0 aliphatic heterocycles. The number of rotatable bonds is 4. The molecule has 70 valence electrons. The Morgan fingerprint density at radius 1 is 1.75 bits per heavy atom. The van der Waals surface area contributed by atoms with Gasteiger partial charge in [0, 0.05) is 0 Å². The Bertz CT molecular complexity index is 160. The van der Waals surface area contributed by atoms with E-state index < -0.39 is 31.1 Å². The fourth-order valence-electron chi connectivity index (χ4n) is 0.301. The van der Waals surface area contributed by atoms with Crippen molar-refractivity contribution in [1.82, 2.24) is 0 Å². The van der Waals surface area contributed by atoms with Gasteiger partial charge in [0.25, 0.3) is 0 Å². The van der Waals surface area contributed by atoms with Gasteiger partial charge in [-0.25, -0.2) is 0 Å². The number of carbonyl (C=O) groups is 1. The van der Waals surface area contributed by atoms with E-state index in [0.717, 1.165) is 0 Å². The Morgan fingerprint density at radius 3 is 2.42 bits per heavy atom. The van der Waals surface area contributed by atoms with Crippen LogP contribution in [0.2, 0.25) is 0 Å². The molecule has 0 heterocycles. The van der Waals surface area contributed by atoms with Gasteiger partial charge in [0.15, 0.2) is 0 Å². The van der Waals surface area contributed by atoms with Crippen molar-refractivity contribution in [3.63, 3.8) is 0 Å². The second kappa shape index (κ2) is 11.1. The van der Waals surface area contributed by atoms with E-state index in [0.29, 0.717) is 6.42 Å². The van der Waals surface area contributed by atoms with Crippen LogP contribution in [0.15, 0.2) is 0 Å². The molecule has 0 aromatic rings. The van der Waals surface area contributed by atoms with E-state index in [9.17, 15) is 4.79 Å². The number of carboxylic acid groups (broad SMARTS) is 1. The first kappa shape index (κ1) is 14.6. The van der Waals surface area contributed by atoms with E-state index in [-0.39, 0.29) is 0 Å². The van der Waals surface area contributed by atoms with E-state index in [1.165, 1.54) is 11.8 Å². The molecule has 0 bridgehead atoms. The van der Waals surface area contributed by atoms with Crippen LogP contribution in [0.25, 0.3) is 0 Å². The molecular formula is C5H10NO4STi-. The maximum atomic E-state index is 10.1. The van der Waals surface area contributed by atoms with E-state index in [1.54, 1.807) is 5.75 Å². The summed E-state index contributed by atoms with van der Waals surface area (Å²) >= 11 is -0.521. The van der Waals surface area contributed by atoms with Crippen molar-refractivity contribution in [3.05, 3.63) is 5.75 Å². The monoisotopic (exact) mass is 228 g/mol. The van der Waals surface area contributed by atoms with Crippen LogP contribution in [0, 0.1) is 5.75 Å². The van der Waals surface area contributed by atoms with Gasteiger partial charge in [-0.05, 0) is 6.26 Å². The van der Waals surface area contributed by atoms with Gasteiger partial charge < -0.3 is 22.6 Å². The molecule has 0 aliphatic carbocycles. The van der Waals surface area contributed by atoms with Crippen molar-refractivity contribution in [3.8, 4) is 0 Å². The molecular weight excluding hydrogens is 218 g/mol. The van der Waals surface area contributed by atoms with Gasteiger partial charge in [-0.3, -0.25) is 10.5 Å². The van der Waals surface area contributed by atoms with E-state index in [1.807, 2.05) is 6.26 Å². The summed E-state index contributed by atoms with van der Waals surface area (Å²) in [6.45, 7) is 0. The number of hydrogen-bond acceptors (Lipinski definition) is 5. The van der Waals surface area contributed by atoms with Crippen LogP contribution < -0.4 is 5.73 Å². The minimum atomic E-state index is -2.00. The predicted molar refractivity (Wildman–Crippen MR) is 39.4 cm³/mol. The Hall–Kier alpha value is 0.0943. The Labute approximate surface area is 83.7 Å². The molecule has 0 spiro atoms. The average Bonchev–Trinajstić information content (AvgIpc) is 2.01. The van der Waals surface area contributed by atoms with Crippen LogP contribution >= 0.6 is 11.8 Å². The number of carboxylic acids is 1. The summed E-state index contributed by atoms with van der Waals surface area (Å²) in [6.07, 6.45) is 2.30. The van der Waals surface area contributed by atoms with Crippen molar-refractivity contribution in [1.29, 1.82) is 0 Å². The number of aliphatic carboxylic acids is 1. The van der Waals surface area contributed by atoms with E-state index >= 15 is 0 Å². The van der Waals surface area contributed by atoms with Crippen molar-refractivity contribution in [2.75, 3.05) is 6.26 Å². The molecule has 0 aromatic heterocycles. The normalized spacial score (nSPS) is 10.5. The molecule has 0 saturated carbocycles. The standard InChI is InChI=1S/C5H10NO2S.2O.Ti/c1-9-3-2-4(6)5(7)8;;;/h3-4H,2,6H2,1H3,(H,7,8);;;/q-1;;;/t4-;;;/m0.../s1. The Balaban J connectivity index is 0. The topological polar surface area (TPSA) is 97.5 Å². The minimum absolute atomic E-state index is 0.427. The number of nitrogens with two attached hydrogens (primary N) is 1. The zero-order chi connectivity index (χ0) is 9.98. The first-order chi connectivity index (χ1) is 5.59. The number of thioether (sulfide) groups is 1. The van der Waals surface area contributed by atoms with Crippen LogP contribution in [0.4, 0.5) is 0 Å². The SMILES string of the molecule is CS[CH-]C[C@H](N)C(=O)O.[O]=[Ti]=[O]. The quantitative estimate of drug-likeness (QED) is 0.522. The van der Waals surface area contributed by atoms with E-state index in [2.05, 4.69) is 0 Å². The second-order valence-corrected chi connectivity index (χ2v) is 2.73. The van der Waals surface area contributed by atoms with Gasteiger partial charge in [0.2, 0.25) is 0 Å². The third-order valence-corrected chi connectivity index (χ3v) is 1.36. The van der Waals surface area contributed by atoms with Gasteiger partial charge in [-0.1, -0.05) is 0 Å². The van der Waals surface area contributed by atoms with Crippen LogP contribution in [0.3, 0.4) is 0 Å². The van der Waals surface area contributed by atoms with Crippen molar-refractivity contribution in [2.45, 2.75) is 12.5 Å². The molecule has 0 radical (unpaired) electrons. The first-order valence-electron chi connectivity index (χ1n) is 2.92. The summed E-state index contributed by atoms with van der Waals surface area (Å²) < 4.78 is 17.0. The van der Waals surface area contributed by atoms with Gasteiger partial charge in [0.05, 0.1) is 6.04 Å². The molecule has 7 heteroatoms. The van der Waals surface area contributed by atoms with Crippen molar-refractivity contribution in [2.24, 2.45) is 5.73 Å². The first-order valence-corrected chi connectivity index (χ1v) is 5.48. The molecule has 3 N–H and O–H groups in total. The third kappa shape index (κ3) is 12.7. The molecule has 0 aromatic carbocycles. The van der Waals surface area contributed by atoms with Crippen LogP contribution in [0.5, 0.6) is 0 Å². The van der Waals surface area contributed by atoms with E-state index in [4.69, 9.17) is 17.5 Å². The fourth-order valence-corrected chi connectivity index (χ4v) is 0.700. The molecule has 12 heavy (non-hydrogen) atoms. The summed E-state index contributed by atoms with van der Waals surface area (Å²) in [5.41, 5.74) is 5.16. The molecule has 0 aliphatic rings. The van der Waals surface area contributed by atoms with Crippen LogP contribution in [0.1, 0.15) is 6.42 Å². The fraction of sp³-hybridized carbons (Fsp3) is 0.600.